The van der Waals surface area contributed by atoms with Gasteiger partial charge in [0.2, 0.25) is 0 Å². The first-order valence-electron chi connectivity index (χ1n) is 5.20. The summed E-state index contributed by atoms with van der Waals surface area (Å²) in [6.45, 7) is 1.92. The van der Waals surface area contributed by atoms with Gasteiger partial charge in [-0.3, -0.25) is 0 Å². The van der Waals surface area contributed by atoms with Gasteiger partial charge in [0.15, 0.2) is 0 Å². The lowest BCUT2D eigenvalue weighted by Gasteiger charge is -2.22. The van der Waals surface area contributed by atoms with Crippen LogP contribution in [-0.4, -0.2) is 29.6 Å². The van der Waals surface area contributed by atoms with E-state index in [2.05, 4.69) is 16.0 Å². The molecule has 2 rings (SSSR count). The number of hydrogen-bond donors (Lipinski definition) is 0. The lowest BCUT2D eigenvalue weighted by molar-refractivity contribution is 0.801. The fourth-order valence-electron chi connectivity index (χ4n) is 1.70. The molecule has 0 radical (unpaired) electrons. The van der Waals surface area contributed by atoms with Crippen LogP contribution in [0.25, 0.3) is 0 Å². The molecule has 0 amide bonds. The average molecular weight is 254 g/mol. The van der Waals surface area contributed by atoms with Crippen LogP contribution in [0.2, 0.25) is 5.02 Å². The summed E-state index contributed by atoms with van der Waals surface area (Å²) in [4.78, 5) is 6.46. The van der Waals surface area contributed by atoms with Crippen molar-refractivity contribution in [2.45, 2.75) is 6.42 Å². The Hall–Kier alpha value is -0.920. The zero-order valence-electron chi connectivity index (χ0n) is 8.82. The van der Waals surface area contributed by atoms with Crippen LogP contribution >= 0.6 is 23.4 Å². The van der Waals surface area contributed by atoms with E-state index < -0.39 is 0 Å². The molecule has 0 bridgehead atoms. The molecule has 2 heterocycles. The molecule has 1 aromatic heterocycles. The number of halogens is 1. The van der Waals surface area contributed by atoms with Crippen molar-refractivity contribution in [3.05, 3.63) is 22.8 Å². The molecular formula is C11H12ClN3S. The summed E-state index contributed by atoms with van der Waals surface area (Å²) in [6.07, 6.45) is 2.79. The topological polar surface area (TPSA) is 39.9 Å². The Morgan fingerprint density at radius 1 is 1.44 bits per heavy atom. The van der Waals surface area contributed by atoms with Gasteiger partial charge in [0.05, 0.1) is 5.56 Å². The first-order valence-corrected chi connectivity index (χ1v) is 6.73. The summed E-state index contributed by atoms with van der Waals surface area (Å²) >= 11 is 8.11. The van der Waals surface area contributed by atoms with Gasteiger partial charge in [0.25, 0.3) is 0 Å². The van der Waals surface area contributed by atoms with Crippen LogP contribution in [-0.2, 0) is 0 Å². The van der Waals surface area contributed by atoms with Gasteiger partial charge < -0.3 is 4.90 Å². The van der Waals surface area contributed by atoms with Gasteiger partial charge in [-0.25, -0.2) is 4.98 Å². The Bertz CT molecular complexity index is 408. The van der Waals surface area contributed by atoms with Crippen LogP contribution in [0, 0.1) is 11.3 Å². The summed E-state index contributed by atoms with van der Waals surface area (Å²) in [5, 5.41) is 9.40. The maximum atomic E-state index is 8.91. The minimum absolute atomic E-state index is 0.483. The van der Waals surface area contributed by atoms with E-state index in [4.69, 9.17) is 16.9 Å². The van der Waals surface area contributed by atoms with Crippen molar-refractivity contribution in [3.63, 3.8) is 0 Å². The maximum Gasteiger partial charge on any atom is 0.148 e. The van der Waals surface area contributed by atoms with E-state index in [0.29, 0.717) is 10.6 Å². The molecule has 1 aliphatic rings. The number of anilines is 1. The van der Waals surface area contributed by atoms with E-state index in [1.165, 1.54) is 5.75 Å². The first kappa shape index (κ1) is 11.6. The third-order valence-corrected chi connectivity index (χ3v) is 3.93. The number of hydrogen-bond acceptors (Lipinski definition) is 4. The Morgan fingerprint density at radius 2 is 2.31 bits per heavy atom. The molecule has 1 fully saturated rings. The van der Waals surface area contributed by atoms with E-state index in [1.807, 2.05) is 11.8 Å². The zero-order chi connectivity index (χ0) is 11.4. The molecule has 1 saturated heterocycles. The predicted octanol–water partition coefficient (Wildman–Crippen LogP) is 2.55. The molecule has 1 aliphatic heterocycles. The predicted molar refractivity (Wildman–Crippen MR) is 68.1 cm³/mol. The Labute approximate surface area is 104 Å². The van der Waals surface area contributed by atoms with Crippen molar-refractivity contribution < 1.29 is 0 Å². The Morgan fingerprint density at radius 3 is 3.12 bits per heavy atom. The molecule has 84 valence electrons. The number of thioether (sulfide) groups is 1. The van der Waals surface area contributed by atoms with Crippen molar-refractivity contribution >= 4 is 29.2 Å². The number of nitrogens with zero attached hydrogens (tertiary/aromatic N) is 3. The average Bonchev–Trinajstić information content (AvgIpc) is 2.58. The highest BCUT2D eigenvalue weighted by molar-refractivity contribution is 7.99. The van der Waals surface area contributed by atoms with E-state index >= 15 is 0 Å². The highest BCUT2D eigenvalue weighted by Crippen LogP contribution is 2.27. The standard InChI is InChI=1S/C11H12ClN3S/c12-10-9(8-13)2-3-14-11(10)15-4-1-6-16-7-5-15/h2-3H,1,4-7H2. The molecule has 5 heteroatoms. The minimum atomic E-state index is 0.483. The monoisotopic (exact) mass is 253 g/mol. The molecule has 0 spiro atoms. The molecule has 0 aliphatic carbocycles. The third kappa shape index (κ3) is 2.42. The molecule has 0 saturated carbocycles. The molecular weight excluding hydrogens is 242 g/mol. The molecule has 0 unspecified atom stereocenters. The molecule has 0 N–H and O–H groups in total. The molecule has 0 atom stereocenters. The highest BCUT2D eigenvalue weighted by atomic mass is 35.5. The van der Waals surface area contributed by atoms with Crippen LogP contribution in [0.4, 0.5) is 5.82 Å². The summed E-state index contributed by atoms with van der Waals surface area (Å²) in [6, 6.07) is 3.74. The van der Waals surface area contributed by atoms with Gasteiger partial charge in [-0.1, -0.05) is 11.6 Å². The quantitative estimate of drug-likeness (QED) is 0.771. The van der Waals surface area contributed by atoms with Crippen molar-refractivity contribution in [2.24, 2.45) is 0 Å². The Kier molecular flexibility index (Phi) is 3.92. The van der Waals surface area contributed by atoms with Gasteiger partial charge in [-0.05, 0) is 18.2 Å². The van der Waals surface area contributed by atoms with Crippen LogP contribution in [0.1, 0.15) is 12.0 Å². The van der Waals surface area contributed by atoms with Crippen LogP contribution < -0.4 is 4.90 Å². The molecule has 16 heavy (non-hydrogen) atoms. The maximum absolute atomic E-state index is 8.91. The fourth-order valence-corrected chi connectivity index (χ4v) is 2.86. The normalized spacial score (nSPS) is 16.6. The van der Waals surface area contributed by atoms with E-state index in [1.54, 1.807) is 12.3 Å². The smallest absolute Gasteiger partial charge is 0.148 e. The lowest BCUT2D eigenvalue weighted by atomic mass is 10.2. The van der Waals surface area contributed by atoms with Crippen molar-refractivity contribution in [3.8, 4) is 6.07 Å². The van der Waals surface area contributed by atoms with Crippen molar-refractivity contribution in [1.29, 1.82) is 5.26 Å². The third-order valence-electron chi connectivity index (χ3n) is 2.51. The second kappa shape index (κ2) is 5.42. The lowest BCUT2D eigenvalue weighted by Crippen LogP contribution is -2.26. The molecule has 1 aromatic rings. The van der Waals surface area contributed by atoms with E-state index in [0.717, 1.165) is 31.1 Å². The number of aromatic nitrogens is 1. The zero-order valence-corrected chi connectivity index (χ0v) is 10.4. The largest absolute Gasteiger partial charge is 0.354 e. The number of nitriles is 1. The number of pyridine rings is 1. The molecule has 0 aromatic carbocycles. The highest BCUT2D eigenvalue weighted by Gasteiger charge is 2.16. The second-order valence-electron chi connectivity index (χ2n) is 3.56. The van der Waals surface area contributed by atoms with Gasteiger partial charge in [-0.15, -0.1) is 0 Å². The van der Waals surface area contributed by atoms with Gasteiger partial charge in [0, 0.05) is 25.0 Å². The fraction of sp³-hybridized carbons (Fsp3) is 0.455. The molecule has 3 nitrogen and oxygen atoms in total. The van der Waals surface area contributed by atoms with Gasteiger partial charge >= 0.3 is 0 Å². The van der Waals surface area contributed by atoms with Crippen LogP contribution in [0.15, 0.2) is 12.3 Å². The summed E-state index contributed by atoms with van der Waals surface area (Å²) in [7, 11) is 0. The summed E-state index contributed by atoms with van der Waals surface area (Å²) in [5.74, 6) is 3.03. The Balaban J connectivity index is 2.28. The van der Waals surface area contributed by atoms with Crippen molar-refractivity contribution in [2.75, 3.05) is 29.5 Å². The first-order chi connectivity index (χ1) is 7.83. The SMILES string of the molecule is N#Cc1ccnc(N2CCCSCC2)c1Cl. The van der Waals surface area contributed by atoms with Gasteiger partial charge in [0.1, 0.15) is 16.9 Å². The van der Waals surface area contributed by atoms with Crippen LogP contribution in [0.5, 0.6) is 0 Å². The van der Waals surface area contributed by atoms with Crippen molar-refractivity contribution in [1.82, 2.24) is 4.98 Å². The van der Waals surface area contributed by atoms with Gasteiger partial charge in [-0.2, -0.15) is 17.0 Å². The summed E-state index contributed by atoms with van der Waals surface area (Å²) in [5.41, 5.74) is 0.503. The van der Waals surface area contributed by atoms with E-state index in [9.17, 15) is 0 Å². The second-order valence-corrected chi connectivity index (χ2v) is 5.16. The van der Waals surface area contributed by atoms with Crippen LogP contribution in [0.3, 0.4) is 0 Å². The minimum Gasteiger partial charge on any atom is -0.354 e. The summed E-state index contributed by atoms with van der Waals surface area (Å²) < 4.78 is 0. The van der Waals surface area contributed by atoms with E-state index in [-0.39, 0.29) is 0 Å². The number of rotatable bonds is 1.